The fourth-order valence-electron chi connectivity index (χ4n) is 3.56. The zero-order valence-electron chi connectivity index (χ0n) is 16.7. The quantitative estimate of drug-likeness (QED) is 0.597. The van der Waals surface area contributed by atoms with E-state index in [2.05, 4.69) is 10.2 Å². The molecule has 1 aromatic carbocycles. The minimum Gasteiger partial charge on any atom is -0.469 e. The van der Waals surface area contributed by atoms with Gasteiger partial charge < -0.3 is 14.1 Å². The fourth-order valence-corrected chi connectivity index (χ4v) is 4.42. The SMILES string of the molecule is Cc1occc1-c1nnc(SCC(=O)N2CC(C)OC(C)C2)n1-c1ccccc1. The van der Waals surface area contributed by atoms with Crippen LogP contribution in [0, 0.1) is 6.92 Å². The molecule has 2 unspecified atom stereocenters. The number of thioether (sulfide) groups is 1. The van der Waals surface area contributed by atoms with Crippen LogP contribution in [-0.2, 0) is 9.53 Å². The molecule has 0 spiro atoms. The smallest absolute Gasteiger partial charge is 0.233 e. The van der Waals surface area contributed by atoms with Gasteiger partial charge in [-0.05, 0) is 39.0 Å². The van der Waals surface area contributed by atoms with Crippen molar-refractivity contribution >= 4 is 17.7 Å². The molecule has 3 aromatic rings. The molecule has 1 fully saturated rings. The van der Waals surface area contributed by atoms with Gasteiger partial charge in [0.2, 0.25) is 5.91 Å². The van der Waals surface area contributed by atoms with E-state index in [0.29, 0.717) is 29.8 Å². The molecule has 152 valence electrons. The van der Waals surface area contributed by atoms with Crippen LogP contribution in [0.4, 0.5) is 0 Å². The monoisotopic (exact) mass is 412 g/mol. The maximum Gasteiger partial charge on any atom is 0.233 e. The molecule has 0 N–H and O–H groups in total. The Morgan fingerprint density at radius 1 is 1.14 bits per heavy atom. The first kappa shape index (κ1) is 19.7. The number of aryl methyl sites for hydroxylation is 1. The number of benzene rings is 1. The number of amides is 1. The van der Waals surface area contributed by atoms with Crippen molar-refractivity contribution in [1.29, 1.82) is 0 Å². The summed E-state index contributed by atoms with van der Waals surface area (Å²) in [5.41, 5.74) is 1.83. The molecule has 0 radical (unpaired) electrons. The van der Waals surface area contributed by atoms with Crippen molar-refractivity contribution in [3.63, 3.8) is 0 Å². The Morgan fingerprint density at radius 3 is 2.52 bits per heavy atom. The molecule has 1 aliphatic heterocycles. The standard InChI is InChI=1S/C21H24N4O3S/c1-14-11-24(12-15(2)28-14)19(26)13-29-21-23-22-20(18-9-10-27-16(18)3)25(21)17-7-5-4-6-8-17/h4-10,14-15H,11-13H2,1-3H3. The van der Waals surface area contributed by atoms with E-state index in [4.69, 9.17) is 9.15 Å². The van der Waals surface area contributed by atoms with Crippen LogP contribution < -0.4 is 0 Å². The van der Waals surface area contributed by atoms with Crippen LogP contribution in [0.2, 0.25) is 0 Å². The number of rotatable bonds is 5. The third-order valence-electron chi connectivity index (χ3n) is 4.84. The van der Waals surface area contributed by atoms with Crippen molar-refractivity contribution in [1.82, 2.24) is 19.7 Å². The van der Waals surface area contributed by atoms with Crippen molar-refractivity contribution in [3.8, 4) is 17.1 Å². The number of nitrogens with zero attached hydrogens (tertiary/aromatic N) is 4. The molecule has 1 amide bonds. The van der Waals surface area contributed by atoms with Gasteiger partial charge in [-0.3, -0.25) is 9.36 Å². The Bertz CT molecular complexity index is 975. The predicted octanol–water partition coefficient (Wildman–Crippen LogP) is 3.56. The van der Waals surface area contributed by atoms with Gasteiger partial charge in [0.25, 0.3) is 0 Å². The minimum atomic E-state index is 0.0522. The summed E-state index contributed by atoms with van der Waals surface area (Å²) in [5.74, 6) is 1.86. The third kappa shape index (κ3) is 4.23. The molecular formula is C21H24N4O3S. The summed E-state index contributed by atoms with van der Waals surface area (Å²) in [4.78, 5) is 14.6. The number of aromatic nitrogens is 3. The molecule has 2 atom stereocenters. The second-order valence-electron chi connectivity index (χ2n) is 7.21. The summed E-state index contributed by atoms with van der Waals surface area (Å²) in [6, 6.07) is 11.8. The number of furan rings is 1. The molecule has 7 nitrogen and oxygen atoms in total. The molecule has 29 heavy (non-hydrogen) atoms. The lowest BCUT2D eigenvalue weighted by Crippen LogP contribution is -2.48. The number of para-hydroxylation sites is 1. The second kappa shape index (κ2) is 8.42. The lowest BCUT2D eigenvalue weighted by molar-refractivity contribution is -0.140. The molecule has 8 heteroatoms. The van der Waals surface area contributed by atoms with Gasteiger partial charge >= 0.3 is 0 Å². The number of carbonyl (C=O) groups is 1. The maximum atomic E-state index is 12.8. The first-order valence-electron chi connectivity index (χ1n) is 9.64. The topological polar surface area (TPSA) is 73.4 Å². The van der Waals surface area contributed by atoms with E-state index in [-0.39, 0.29) is 18.1 Å². The molecular weight excluding hydrogens is 388 g/mol. The summed E-state index contributed by atoms with van der Waals surface area (Å²) in [6.07, 6.45) is 1.75. The first-order valence-corrected chi connectivity index (χ1v) is 10.6. The Hall–Kier alpha value is -2.58. The van der Waals surface area contributed by atoms with Gasteiger partial charge in [-0.1, -0.05) is 30.0 Å². The zero-order valence-corrected chi connectivity index (χ0v) is 17.6. The van der Waals surface area contributed by atoms with E-state index >= 15 is 0 Å². The summed E-state index contributed by atoms with van der Waals surface area (Å²) in [5, 5.41) is 9.45. The average molecular weight is 413 g/mol. The van der Waals surface area contributed by atoms with E-state index in [1.807, 2.05) is 66.6 Å². The van der Waals surface area contributed by atoms with Crippen molar-refractivity contribution in [2.75, 3.05) is 18.8 Å². The van der Waals surface area contributed by atoms with Crippen LogP contribution in [0.3, 0.4) is 0 Å². The summed E-state index contributed by atoms with van der Waals surface area (Å²) in [7, 11) is 0. The highest BCUT2D eigenvalue weighted by Crippen LogP contribution is 2.30. The minimum absolute atomic E-state index is 0.0522. The van der Waals surface area contributed by atoms with Gasteiger partial charge in [0, 0.05) is 18.8 Å². The molecule has 4 rings (SSSR count). The van der Waals surface area contributed by atoms with Crippen LogP contribution in [0.5, 0.6) is 0 Å². The molecule has 1 saturated heterocycles. The van der Waals surface area contributed by atoms with Crippen molar-refractivity contribution < 1.29 is 13.9 Å². The Labute approximate surface area is 174 Å². The Balaban J connectivity index is 1.59. The maximum absolute atomic E-state index is 12.8. The molecule has 0 saturated carbocycles. The van der Waals surface area contributed by atoms with Gasteiger partial charge in [0.15, 0.2) is 11.0 Å². The summed E-state index contributed by atoms with van der Waals surface area (Å²) < 4.78 is 13.2. The van der Waals surface area contributed by atoms with Crippen LogP contribution in [0.25, 0.3) is 17.1 Å². The van der Waals surface area contributed by atoms with Crippen molar-refractivity contribution in [2.24, 2.45) is 0 Å². The predicted molar refractivity (Wildman–Crippen MR) is 111 cm³/mol. The molecule has 0 bridgehead atoms. The van der Waals surface area contributed by atoms with E-state index < -0.39 is 0 Å². The molecule has 3 heterocycles. The van der Waals surface area contributed by atoms with Gasteiger partial charge in [0.05, 0.1) is 29.8 Å². The zero-order chi connectivity index (χ0) is 20.4. The number of ether oxygens (including phenoxy) is 1. The molecule has 1 aliphatic rings. The third-order valence-corrected chi connectivity index (χ3v) is 5.76. The van der Waals surface area contributed by atoms with Crippen LogP contribution in [0.15, 0.2) is 52.2 Å². The van der Waals surface area contributed by atoms with E-state index in [1.165, 1.54) is 11.8 Å². The van der Waals surface area contributed by atoms with Gasteiger partial charge in [-0.15, -0.1) is 10.2 Å². The molecule has 0 aliphatic carbocycles. The largest absolute Gasteiger partial charge is 0.469 e. The van der Waals surface area contributed by atoms with Crippen LogP contribution in [-0.4, -0.2) is 56.6 Å². The molecule has 2 aromatic heterocycles. The summed E-state index contributed by atoms with van der Waals surface area (Å²) >= 11 is 1.40. The lowest BCUT2D eigenvalue weighted by atomic mass is 10.2. The number of hydrogen-bond donors (Lipinski definition) is 0. The van der Waals surface area contributed by atoms with Gasteiger partial charge in [-0.25, -0.2) is 0 Å². The lowest BCUT2D eigenvalue weighted by Gasteiger charge is -2.35. The highest BCUT2D eigenvalue weighted by molar-refractivity contribution is 7.99. The van der Waals surface area contributed by atoms with E-state index in [0.717, 1.165) is 17.0 Å². The van der Waals surface area contributed by atoms with Crippen LogP contribution >= 0.6 is 11.8 Å². The Morgan fingerprint density at radius 2 is 1.86 bits per heavy atom. The van der Waals surface area contributed by atoms with E-state index in [9.17, 15) is 4.79 Å². The Kier molecular flexibility index (Phi) is 5.73. The van der Waals surface area contributed by atoms with Crippen LogP contribution in [0.1, 0.15) is 19.6 Å². The van der Waals surface area contributed by atoms with Crippen molar-refractivity contribution in [3.05, 3.63) is 48.4 Å². The fraction of sp³-hybridized carbons (Fsp3) is 0.381. The average Bonchev–Trinajstić information content (AvgIpc) is 3.31. The van der Waals surface area contributed by atoms with Crippen molar-refractivity contribution in [2.45, 2.75) is 38.1 Å². The normalized spacial score (nSPS) is 19.5. The number of morpholine rings is 1. The number of carbonyl (C=O) groups excluding carboxylic acids is 1. The first-order chi connectivity index (χ1) is 14.0. The summed E-state index contributed by atoms with van der Waals surface area (Å²) in [6.45, 7) is 7.13. The van der Waals surface area contributed by atoms with Gasteiger partial charge in [-0.2, -0.15) is 0 Å². The van der Waals surface area contributed by atoms with E-state index in [1.54, 1.807) is 6.26 Å². The highest BCUT2D eigenvalue weighted by atomic mass is 32.2. The second-order valence-corrected chi connectivity index (χ2v) is 8.15. The number of hydrogen-bond acceptors (Lipinski definition) is 6. The highest BCUT2D eigenvalue weighted by Gasteiger charge is 2.27. The van der Waals surface area contributed by atoms with Gasteiger partial charge in [0.1, 0.15) is 5.76 Å².